The van der Waals surface area contributed by atoms with Crippen molar-refractivity contribution in [1.29, 1.82) is 0 Å². The number of aromatic nitrogens is 2. The predicted octanol–water partition coefficient (Wildman–Crippen LogP) is 1.91. The molecule has 0 saturated heterocycles. The molecule has 0 bridgehead atoms. The Balaban J connectivity index is 2.42. The molecule has 1 rings (SSSR count). The van der Waals surface area contributed by atoms with Gasteiger partial charge in [-0.25, -0.2) is 4.79 Å². The first-order valence-corrected chi connectivity index (χ1v) is 6.72. The van der Waals surface area contributed by atoms with E-state index in [1.165, 1.54) is 17.1 Å². The Hall–Kier alpha value is -2.05. The van der Waals surface area contributed by atoms with Gasteiger partial charge in [0.15, 0.2) is 0 Å². The molecule has 2 unspecified atom stereocenters. The Morgan fingerprint density at radius 1 is 1.45 bits per heavy atom. The normalized spacial score (nSPS) is 13.6. The molecule has 0 aliphatic heterocycles. The molecule has 0 spiro atoms. The number of carbonyl (C=O) groups is 2. The van der Waals surface area contributed by atoms with E-state index >= 15 is 0 Å². The summed E-state index contributed by atoms with van der Waals surface area (Å²) in [5, 5.41) is 17.9. The first-order chi connectivity index (χ1) is 9.40. The highest BCUT2D eigenvalue weighted by atomic mass is 16.4. The maximum atomic E-state index is 11.7. The zero-order valence-corrected chi connectivity index (χ0v) is 12.1. The molecule has 0 saturated carbocycles. The van der Waals surface area contributed by atoms with Crippen molar-refractivity contribution in [3.63, 3.8) is 0 Å². The van der Waals surface area contributed by atoms with Gasteiger partial charge in [-0.3, -0.25) is 9.48 Å². The van der Waals surface area contributed by atoms with Gasteiger partial charge in [0.1, 0.15) is 6.54 Å². The fourth-order valence-electron chi connectivity index (χ4n) is 1.87. The molecule has 2 atom stereocenters. The van der Waals surface area contributed by atoms with Crippen LogP contribution >= 0.6 is 0 Å². The van der Waals surface area contributed by atoms with Gasteiger partial charge in [-0.1, -0.05) is 20.3 Å². The molecule has 0 aromatic carbocycles. The molecule has 112 valence electrons. The van der Waals surface area contributed by atoms with Gasteiger partial charge in [0.05, 0.1) is 11.9 Å². The molecule has 20 heavy (non-hydrogen) atoms. The van der Waals surface area contributed by atoms with Crippen molar-refractivity contribution in [2.75, 3.05) is 5.32 Å². The number of carbonyl (C=O) groups excluding carboxylic acids is 1. The second-order valence-corrected chi connectivity index (χ2v) is 5.07. The van der Waals surface area contributed by atoms with Gasteiger partial charge in [-0.05, 0) is 19.3 Å². The monoisotopic (exact) mass is 282 g/mol. The van der Waals surface area contributed by atoms with Crippen LogP contribution in [0.1, 0.15) is 33.6 Å². The summed E-state index contributed by atoms with van der Waals surface area (Å²) in [6, 6.07) is -0.227. The van der Waals surface area contributed by atoms with Crippen molar-refractivity contribution in [3.8, 4) is 0 Å². The molecule has 1 heterocycles. The van der Waals surface area contributed by atoms with Crippen molar-refractivity contribution in [2.45, 2.75) is 46.2 Å². The average molecular weight is 282 g/mol. The van der Waals surface area contributed by atoms with Crippen LogP contribution in [-0.2, 0) is 11.3 Å². The number of rotatable bonds is 7. The smallest absolute Gasteiger partial charge is 0.325 e. The summed E-state index contributed by atoms with van der Waals surface area (Å²) >= 11 is 0. The SMILES string of the molecule is CCC(C)CC(C)NC(=O)Nc1cnn(CC(=O)O)c1. The maximum absolute atomic E-state index is 11.7. The number of nitrogens with zero attached hydrogens (tertiary/aromatic N) is 2. The lowest BCUT2D eigenvalue weighted by molar-refractivity contribution is -0.137. The molecule has 7 heteroatoms. The van der Waals surface area contributed by atoms with Crippen LogP contribution in [0.2, 0.25) is 0 Å². The number of urea groups is 1. The van der Waals surface area contributed by atoms with Crippen molar-refractivity contribution in [1.82, 2.24) is 15.1 Å². The lowest BCUT2D eigenvalue weighted by Crippen LogP contribution is -2.36. The summed E-state index contributed by atoms with van der Waals surface area (Å²) < 4.78 is 1.25. The summed E-state index contributed by atoms with van der Waals surface area (Å²) in [6.45, 7) is 5.99. The Bertz CT molecular complexity index is 458. The summed E-state index contributed by atoms with van der Waals surface area (Å²) in [5.74, 6) is -0.421. The number of anilines is 1. The summed E-state index contributed by atoms with van der Waals surface area (Å²) in [7, 11) is 0. The lowest BCUT2D eigenvalue weighted by atomic mass is 10.0. The van der Waals surface area contributed by atoms with E-state index in [-0.39, 0.29) is 18.6 Å². The fraction of sp³-hybridized carbons (Fsp3) is 0.615. The highest BCUT2D eigenvalue weighted by Gasteiger charge is 2.11. The number of carboxylic acid groups (broad SMARTS) is 1. The van der Waals surface area contributed by atoms with Gasteiger partial charge in [0, 0.05) is 12.2 Å². The Morgan fingerprint density at radius 3 is 2.75 bits per heavy atom. The predicted molar refractivity (Wildman–Crippen MR) is 75.6 cm³/mol. The third-order valence-electron chi connectivity index (χ3n) is 3.02. The largest absolute Gasteiger partial charge is 0.480 e. The van der Waals surface area contributed by atoms with E-state index in [1.807, 2.05) is 6.92 Å². The molecular weight excluding hydrogens is 260 g/mol. The van der Waals surface area contributed by atoms with Crippen LogP contribution in [0.25, 0.3) is 0 Å². The number of nitrogens with one attached hydrogen (secondary N) is 2. The van der Waals surface area contributed by atoms with E-state index in [2.05, 4.69) is 29.6 Å². The second-order valence-electron chi connectivity index (χ2n) is 5.07. The lowest BCUT2D eigenvalue weighted by Gasteiger charge is -2.17. The average Bonchev–Trinajstić information content (AvgIpc) is 2.74. The molecule has 0 fully saturated rings. The number of hydrogen-bond donors (Lipinski definition) is 3. The van der Waals surface area contributed by atoms with E-state index in [0.29, 0.717) is 11.6 Å². The van der Waals surface area contributed by atoms with Crippen LogP contribution in [0, 0.1) is 5.92 Å². The Morgan fingerprint density at radius 2 is 2.15 bits per heavy atom. The van der Waals surface area contributed by atoms with E-state index in [0.717, 1.165) is 12.8 Å². The Kier molecular flexibility index (Phi) is 6.02. The van der Waals surface area contributed by atoms with Crippen LogP contribution in [0.5, 0.6) is 0 Å². The highest BCUT2D eigenvalue weighted by molar-refractivity contribution is 5.89. The minimum absolute atomic E-state index is 0.0824. The number of amides is 2. The van der Waals surface area contributed by atoms with Gasteiger partial charge in [-0.15, -0.1) is 0 Å². The molecule has 0 aliphatic carbocycles. The van der Waals surface area contributed by atoms with Crippen molar-refractivity contribution in [3.05, 3.63) is 12.4 Å². The molecular formula is C13H22N4O3. The highest BCUT2D eigenvalue weighted by Crippen LogP contribution is 2.10. The molecule has 1 aromatic heterocycles. The topological polar surface area (TPSA) is 96.3 Å². The molecule has 1 aromatic rings. The number of hydrogen-bond acceptors (Lipinski definition) is 3. The first kappa shape index (κ1) is 16.0. The fourth-order valence-corrected chi connectivity index (χ4v) is 1.87. The van der Waals surface area contributed by atoms with Crippen LogP contribution in [0.3, 0.4) is 0 Å². The van der Waals surface area contributed by atoms with Crippen molar-refractivity contribution in [2.24, 2.45) is 5.92 Å². The number of aliphatic carboxylic acids is 1. The third-order valence-corrected chi connectivity index (χ3v) is 3.02. The van der Waals surface area contributed by atoms with Gasteiger partial charge in [-0.2, -0.15) is 5.10 Å². The molecule has 3 N–H and O–H groups in total. The van der Waals surface area contributed by atoms with Crippen LogP contribution < -0.4 is 10.6 Å². The van der Waals surface area contributed by atoms with Gasteiger partial charge >= 0.3 is 12.0 Å². The maximum Gasteiger partial charge on any atom is 0.325 e. The summed E-state index contributed by atoms with van der Waals surface area (Å²) in [6.07, 6.45) is 4.90. The van der Waals surface area contributed by atoms with Crippen LogP contribution in [-0.4, -0.2) is 32.9 Å². The van der Waals surface area contributed by atoms with Crippen LogP contribution in [0.15, 0.2) is 12.4 Å². The molecule has 0 aliphatic rings. The standard InChI is InChI=1S/C13H22N4O3/c1-4-9(2)5-10(3)15-13(20)16-11-6-14-17(7-11)8-12(18)19/h6-7,9-10H,4-5,8H2,1-3H3,(H,18,19)(H2,15,16,20). The summed E-state index contributed by atoms with van der Waals surface area (Å²) in [4.78, 5) is 22.3. The van der Waals surface area contributed by atoms with E-state index in [4.69, 9.17) is 5.11 Å². The molecule has 7 nitrogen and oxygen atoms in total. The minimum atomic E-state index is -0.980. The summed E-state index contributed by atoms with van der Waals surface area (Å²) in [5.41, 5.74) is 0.472. The first-order valence-electron chi connectivity index (χ1n) is 6.72. The molecule has 0 radical (unpaired) electrons. The number of carboxylic acids is 1. The van der Waals surface area contributed by atoms with Crippen LogP contribution in [0.4, 0.5) is 10.5 Å². The van der Waals surface area contributed by atoms with Gasteiger partial charge in [0.25, 0.3) is 0 Å². The van der Waals surface area contributed by atoms with Gasteiger partial charge in [0.2, 0.25) is 0 Å². The third kappa shape index (κ3) is 5.73. The zero-order chi connectivity index (χ0) is 15.1. The second kappa shape index (κ2) is 7.52. The molecule has 2 amide bonds. The Labute approximate surface area is 118 Å². The van der Waals surface area contributed by atoms with E-state index in [9.17, 15) is 9.59 Å². The minimum Gasteiger partial charge on any atom is -0.480 e. The van der Waals surface area contributed by atoms with Crippen molar-refractivity contribution >= 4 is 17.7 Å². The van der Waals surface area contributed by atoms with E-state index < -0.39 is 5.97 Å². The van der Waals surface area contributed by atoms with E-state index in [1.54, 1.807) is 0 Å². The van der Waals surface area contributed by atoms with Crippen molar-refractivity contribution < 1.29 is 14.7 Å². The quantitative estimate of drug-likeness (QED) is 0.711. The van der Waals surface area contributed by atoms with Gasteiger partial charge < -0.3 is 15.7 Å². The zero-order valence-electron chi connectivity index (χ0n) is 12.1.